The molecule has 0 aliphatic rings. The number of halogens is 1. The number of aliphatic hydroxyl groups is 1. The topological polar surface area (TPSA) is 58.6 Å². The van der Waals surface area contributed by atoms with Crippen molar-refractivity contribution in [3.8, 4) is 5.75 Å². The molecule has 0 aliphatic heterocycles. The van der Waals surface area contributed by atoms with Crippen molar-refractivity contribution in [1.29, 1.82) is 0 Å². The first-order valence-electron chi connectivity index (χ1n) is 7.38. The number of rotatable bonds is 6. The standard InChI is InChI=1S/C18H20FNO3/c1-12-5-3-4-6-16(12)23-11-17(21)20-13(2)18(22)14-7-9-15(19)10-8-14/h3-10,13,18,22H,11H2,1-2H3,(H,20,21). The summed E-state index contributed by atoms with van der Waals surface area (Å²) in [5.41, 5.74) is 1.48. The molecule has 0 aromatic heterocycles. The first-order chi connectivity index (χ1) is 11.0. The van der Waals surface area contributed by atoms with Crippen molar-refractivity contribution >= 4 is 5.91 Å². The van der Waals surface area contributed by atoms with Crippen LogP contribution >= 0.6 is 0 Å². The number of para-hydroxylation sites is 1. The van der Waals surface area contributed by atoms with Crippen LogP contribution in [0.4, 0.5) is 4.39 Å². The van der Waals surface area contributed by atoms with Gasteiger partial charge in [0.05, 0.1) is 12.1 Å². The minimum absolute atomic E-state index is 0.134. The number of benzene rings is 2. The Labute approximate surface area is 134 Å². The third-order valence-corrected chi connectivity index (χ3v) is 3.53. The monoisotopic (exact) mass is 317 g/mol. The van der Waals surface area contributed by atoms with Crippen molar-refractivity contribution in [2.45, 2.75) is 26.0 Å². The SMILES string of the molecule is Cc1ccccc1OCC(=O)NC(C)C(O)c1ccc(F)cc1. The smallest absolute Gasteiger partial charge is 0.258 e. The first-order valence-corrected chi connectivity index (χ1v) is 7.38. The predicted molar refractivity (Wildman–Crippen MR) is 85.6 cm³/mol. The van der Waals surface area contributed by atoms with Gasteiger partial charge in [-0.15, -0.1) is 0 Å². The van der Waals surface area contributed by atoms with Gasteiger partial charge in [0.2, 0.25) is 0 Å². The Bertz CT molecular complexity index is 658. The zero-order valence-corrected chi connectivity index (χ0v) is 13.1. The van der Waals surface area contributed by atoms with Crippen LogP contribution in [-0.2, 0) is 4.79 Å². The van der Waals surface area contributed by atoms with E-state index in [1.165, 1.54) is 24.3 Å². The van der Waals surface area contributed by atoms with Crippen molar-refractivity contribution in [1.82, 2.24) is 5.32 Å². The second-order valence-corrected chi connectivity index (χ2v) is 5.41. The molecule has 1 amide bonds. The molecule has 0 spiro atoms. The molecule has 4 nitrogen and oxygen atoms in total. The van der Waals surface area contributed by atoms with E-state index in [4.69, 9.17) is 4.74 Å². The third kappa shape index (κ3) is 4.79. The lowest BCUT2D eigenvalue weighted by Crippen LogP contribution is -2.39. The molecule has 23 heavy (non-hydrogen) atoms. The summed E-state index contributed by atoms with van der Waals surface area (Å²) in [6.45, 7) is 3.44. The van der Waals surface area contributed by atoms with Gasteiger partial charge in [-0.05, 0) is 43.2 Å². The number of amides is 1. The number of hydrogen-bond donors (Lipinski definition) is 2. The van der Waals surface area contributed by atoms with Gasteiger partial charge in [-0.3, -0.25) is 4.79 Å². The van der Waals surface area contributed by atoms with E-state index in [0.29, 0.717) is 11.3 Å². The van der Waals surface area contributed by atoms with E-state index >= 15 is 0 Å². The Morgan fingerprint density at radius 1 is 1.22 bits per heavy atom. The van der Waals surface area contributed by atoms with Crippen molar-refractivity contribution in [2.24, 2.45) is 0 Å². The fourth-order valence-corrected chi connectivity index (χ4v) is 2.18. The van der Waals surface area contributed by atoms with Gasteiger partial charge in [0.25, 0.3) is 5.91 Å². The van der Waals surface area contributed by atoms with Gasteiger partial charge in [-0.2, -0.15) is 0 Å². The quantitative estimate of drug-likeness (QED) is 0.861. The molecule has 0 saturated heterocycles. The Balaban J connectivity index is 1.87. The largest absolute Gasteiger partial charge is 0.484 e. The number of carbonyl (C=O) groups is 1. The highest BCUT2D eigenvalue weighted by molar-refractivity contribution is 5.77. The molecule has 2 rings (SSSR count). The van der Waals surface area contributed by atoms with Gasteiger partial charge in [-0.1, -0.05) is 30.3 Å². The van der Waals surface area contributed by atoms with Crippen molar-refractivity contribution < 1.29 is 19.0 Å². The van der Waals surface area contributed by atoms with E-state index in [-0.39, 0.29) is 18.3 Å². The van der Waals surface area contributed by atoms with Crippen LogP contribution in [0.1, 0.15) is 24.2 Å². The molecule has 0 aliphatic carbocycles. The van der Waals surface area contributed by atoms with E-state index in [0.717, 1.165) is 5.56 Å². The number of aryl methyl sites for hydroxylation is 1. The second kappa shape index (κ2) is 7.74. The fourth-order valence-electron chi connectivity index (χ4n) is 2.18. The normalized spacial score (nSPS) is 13.2. The summed E-state index contributed by atoms with van der Waals surface area (Å²) in [5, 5.41) is 12.9. The Kier molecular flexibility index (Phi) is 5.71. The van der Waals surface area contributed by atoms with Gasteiger partial charge >= 0.3 is 0 Å². The van der Waals surface area contributed by atoms with Gasteiger partial charge < -0.3 is 15.2 Å². The average molecular weight is 317 g/mol. The molecule has 2 aromatic carbocycles. The van der Waals surface area contributed by atoms with E-state index in [2.05, 4.69) is 5.32 Å². The lowest BCUT2D eigenvalue weighted by atomic mass is 10.0. The minimum Gasteiger partial charge on any atom is -0.484 e. The van der Waals surface area contributed by atoms with Gasteiger partial charge in [0.1, 0.15) is 11.6 Å². The second-order valence-electron chi connectivity index (χ2n) is 5.41. The maximum absolute atomic E-state index is 12.9. The van der Waals surface area contributed by atoms with Crippen LogP contribution in [0.15, 0.2) is 48.5 Å². The summed E-state index contributed by atoms with van der Waals surface area (Å²) in [4.78, 5) is 11.9. The summed E-state index contributed by atoms with van der Waals surface area (Å²) in [7, 11) is 0. The highest BCUT2D eigenvalue weighted by atomic mass is 19.1. The number of hydrogen-bond acceptors (Lipinski definition) is 3. The van der Waals surface area contributed by atoms with Crippen LogP contribution < -0.4 is 10.1 Å². The Morgan fingerprint density at radius 2 is 1.87 bits per heavy atom. The fraction of sp³-hybridized carbons (Fsp3) is 0.278. The van der Waals surface area contributed by atoms with Crippen LogP contribution in [0.5, 0.6) is 5.75 Å². The third-order valence-electron chi connectivity index (χ3n) is 3.53. The first kappa shape index (κ1) is 17.0. The van der Waals surface area contributed by atoms with Crippen LogP contribution in [0.3, 0.4) is 0 Å². The summed E-state index contributed by atoms with van der Waals surface area (Å²) in [6, 6.07) is 12.4. The molecule has 0 bridgehead atoms. The van der Waals surface area contributed by atoms with Crippen LogP contribution in [-0.4, -0.2) is 23.7 Å². The molecule has 2 N–H and O–H groups in total. The highest BCUT2D eigenvalue weighted by Crippen LogP contribution is 2.18. The van der Waals surface area contributed by atoms with Crippen molar-refractivity contribution in [3.05, 3.63) is 65.5 Å². The summed E-state index contributed by atoms with van der Waals surface area (Å²) in [5.74, 6) is -0.0550. The maximum atomic E-state index is 12.9. The summed E-state index contributed by atoms with van der Waals surface area (Å²) >= 11 is 0. The summed E-state index contributed by atoms with van der Waals surface area (Å²) < 4.78 is 18.3. The summed E-state index contributed by atoms with van der Waals surface area (Å²) in [6.07, 6.45) is -0.919. The Hall–Kier alpha value is -2.40. The molecule has 2 aromatic rings. The maximum Gasteiger partial charge on any atom is 0.258 e. The van der Waals surface area contributed by atoms with E-state index < -0.39 is 12.1 Å². The lowest BCUT2D eigenvalue weighted by Gasteiger charge is -2.21. The van der Waals surface area contributed by atoms with Crippen LogP contribution in [0, 0.1) is 12.7 Å². The number of carbonyl (C=O) groups excluding carboxylic acids is 1. The lowest BCUT2D eigenvalue weighted by molar-refractivity contribution is -0.124. The van der Waals surface area contributed by atoms with Gasteiger partial charge in [0, 0.05) is 0 Å². The molecule has 122 valence electrons. The predicted octanol–water partition coefficient (Wildman–Crippen LogP) is 2.75. The van der Waals surface area contributed by atoms with Crippen LogP contribution in [0.2, 0.25) is 0 Å². The molecular weight excluding hydrogens is 297 g/mol. The van der Waals surface area contributed by atoms with E-state index in [1.54, 1.807) is 13.0 Å². The minimum atomic E-state index is -0.919. The Morgan fingerprint density at radius 3 is 2.52 bits per heavy atom. The van der Waals surface area contributed by atoms with Crippen molar-refractivity contribution in [2.75, 3.05) is 6.61 Å². The molecule has 2 unspecified atom stereocenters. The molecular formula is C18H20FNO3. The molecule has 0 heterocycles. The molecule has 0 saturated carbocycles. The zero-order chi connectivity index (χ0) is 16.8. The van der Waals surface area contributed by atoms with E-state index in [9.17, 15) is 14.3 Å². The van der Waals surface area contributed by atoms with Gasteiger partial charge in [0.15, 0.2) is 6.61 Å². The highest BCUT2D eigenvalue weighted by Gasteiger charge is 2.18. The molecule has 2 atom stereocenters. The van der Waals surface area contributed by atoms with Crippen molar-refractivity contribution in [3.63, 3.8) is 0 Å². The average Bonchev–Trinajstić information content (AvgIpc) is 2.54. The van der Waals surface area contributed by atoms with E-state index in [1.807, 2.05) is 25.1 Å². The number of nitrogens with one attached hydrogen (secondary N) is 1. The molecule has 0 radical (unpaired) electrons. The van der Waals surface area contributed by atoms with Crippen LogP contribution in [0.25, 0.3) is 0 Å². The molecule has 5 heteroatoms. The number of ether oxygens (including phenoxy) is 1. The molecule has 0 fully saturated rings. The van der Waals surface area contributed by atoms with Gasteiger partial charge in [-0.25, -0.2) is 4.39 Å². The zero-order valence-electron chi connectivity index (χ0n) is 13.1. The number of aliphatic hydroxyl groups excluding tert-OH is 1.